The van der Waals surface area contributed by atoms with Gasteiger partial charge < -0.3 is 0 Å². The standard InChI is InChI=1S/C6H3ClO2/c7-4-1-2-5-6(3-4)9-8-5/h1-3H. The van der Waals surface area contributed by atoms with E-state index in [4.69, 9.17) is 11.6 Å². The Morgan fingerprint density at radius 2 is 1.89 bits per heavy atom. The monoisotopic (exact) mass is 142 g/mol. The molecular formula is C6H3ClO2. The van der Waals surface area contributed by atoms with Crippen LogP contribution >= 0.6 is 11.6 Å². The van der Waals surface area contributed by atoms with Gasteiger partial charge in [-0.15, -0.1) is 0 Å². The second-order valence-electron chi connectivity index (χ2n) is 1.76. The summed E-state index contributed by atoms with van der Waals surface area (Å²) in [5.74, 6) is 0. The average molecular weight is 143 g/mol. The van der Waals surface area contributed by atoms with Gasteiger partial charge in [0.25, 0.3) is 0 Å². The molecule has 9 heavy (non-hydrogen) atoms. The number of fused-ring (bicyclic) bond motifs is 1. The Labute approximate surface area is 55.9 Å². The Morgan fingerprint density at radius 1 is 1.11 bits per heavy atom. The van der Waals surface area contributed by atoms with Crippen molar-refractivity contribution in [3.05, 3.63) is 23.2 Å². The fourth-order valence-corrected chi connectivity index (χ4v) is 0.834. The van der Waals surface area contributed by atoms with E-state index in [0.717, 1.165) is 5.58 Å². The lowest BCUT2D eigenvalue weighted by molar-refractivity contribution is 0.0589. The predicted octanol–water partition coefficient (Wildman–Crippen LogP) is 2.68. The molecule has 0 amide bonds. The molecule has 0 atom stereocenters. The Morgan fingerprint density at radius 3 is 2.33 bits per heavy atom. The summed E-state index contributed by atoms with van der Waals surface area (Å²) in [6.07, 6.45) is 0. The second kappa shape index (κ2) is 1.54. The van der Waals surface area contributed by atoms with E-state index in [1.54, 1.807) is 18.2 Å². The van der Waals surface area contributed by atoms with Gasteiger partial charge in [0.2, 0.25) is 11.2 Å². The number of halogens is 1. The highest BCUT2D eigenvalue weighted by atomic mass is 35.5. The maximum absolute atomic E-state index is 5.62. The molecule has 2 aromatic rings. The van der Waals surface area contributed by atoms with E-state index >= 15 is 0 Å². The van der Waals surface area contributed by atoms with Crippen LogP contribution in [0, 0.1) is 0 Å². The average Bonchev–Trinajstić information content (AvgIpc) is 1.78. The first kappa shape index (κ1) is 4.94. The highest BCUT2D eigenvalue weighted by Crippen LogP contribution is 2.21. The van der Waals surface area contributed by atoms with E-state index in [0.29, 0.717) is 10.6 Å². The van der Waals surface area contributed by atoms with Gasteiger partial charge in [0.1, 0.15) is 0 Å². The molecule has 0 bridgehead atoms. The van der Waals surface area contributed by atoms with Gasteiger partial charge in [0, 0.05) is 11.1 Å². The first-order valence-corrected chi connectivity index (χ1v) is 2.88. The molecule has 0 saturated heterocycles. The minimum Gasteiger partial charge on any atom is -0.286 e. The van der Waals surface area contributed by atoms with Crippen LogP contribution in [0.25, 0.3) is 11.2 Å². The summed E-state index contributed by atoms with van der Waals surface area (Å²) >= 11 is 5.62. The van der Waals surface area contributed by atoms with Crippen molar-refractivity contribution in [3.63, 3.8) is 0 Å². The predicted molar refractivity (Wildman–Crippen MR) is 33.5 cm³/mol. The largest absolute Gasteiger partial charge is 0.286 e. The smallest absolute Gasteiger partial charge is 0.227 e. The summed E-state index contributed by atoms with van der Waals surface area (Å²) in [4.78, 5) is 0. The van der Waals surface area contributed by atoms with E-state index in [-0.39, 0.29) is 0 Å². The van der Waals surface area contributed by atoms with Gasteiger partial charge in [-0.1, -0.05) is 11.6 Å². The minimum atomic E-state index is 0.664. The minimum absolute atomic E-state index is 0.664. The van der Waals surface area contributed by atoms with Gasteiger partial charge >= 0.3 is 0 Å². The van der Waals surface area contributed by atoms with E-state index < -0.39 is 0 Å². The zero-order valence-corrected chi connectivity index (χ0v) is 5.18. The van der Waals surface area contributed by atoms with E-state index in [1.165, 1.54) is 0 Å². The summed E-state index contributed by atoms with van der Waals surface area (Å²) in [5, 5.41) is 0.664. The lowest BCUT2D eigenvalue weighted by atomic mass is 10.3. The Kier molecular flexibility index (Phi) is 0.848. The molecule has 1 aromatic heterocycles. The van der Waals surface area contributed by atoms with Crippen molar-refractivity contribution in [2.24, 2.45) is 0 Å². The van der Waals surface area contributed by atoms with Gasteiger partial charge in [-0.25, -0.2) is 0 Å². The van der Waals surface area contributed by atoms with Crippen LogP contribution in [0.2, 0.25) is 5.02 Å². The zero-order valence-electron chi connectivity index (χ0n) is 4.43. The first-order valence-electron chi connectivity index (χ1n) is 2.50. The van der Waals surface area contributed by atoms with Crippen LogP contribution < -0.4 is 0 Å². The van der Waals surface area contributed by atoms with E-state index in [2.05, 4.69) is 9.15 Å². The van der Waals surface area contributed by atoms with Crippen molar-refractivity contribution in [3.8, 4) is 0 Å². The van der Waals surface area contributed by atoms with Gasteiger partial charge in [-0.05, 0) is 12.1 Å². The molecule has 2 nitrogen and oxygen atoms in total. The molecule has 46 valence electrons. The molecule has 0 saturated carbocycles. The first-order chi connectivity index (χ1) is 4.36. The maximum atomic E-state index is 5.62. The summed E-state index contributed by atoms with van der Waals surface area (Å²) in [5.41, 5.74) is 1.46. The maximum Gasteiger partial charge on any atom is 0.227 e. The normalized spacial score (nSPS) is 10.8. The second-order valence-corrected chi connectivity index (χ2v) is 2.19. The molecule has 3 heteroatoms. The molecule has 0 aliphatic carbocycles. The SMILES string of the molecule is Clc1ccc2ooc2c1. The number of hydrogen-bond acceptors (Lipinski definition) is 2. The molecule has 0 N–H and O–H groups in total. The summed E-state index contributed by atoms with van der Waals surface area (Å²) in [6.45, 7) is 0. The fraction of sp³-hybridized carbons (Fsp3) is 0. The molecule has 0 aliphatic heterocycles. The molecule has 1 heterocycles. The van der Waals surface area contributed by atoms with Crippen LogP contribution in [0.15, 0.2) is 27.4 Å². The van der Waals surface area contributed by atoms with Crippen molar-refractivity contribution < 1.29 is 9.15 Å². The zero-order chi connectivity index (χ0) is 6.27. The third kappa shape index (κ3) is 0.634. The van der Waals surface area contributed by atoms with Gasteiger partial charge in [0.15, 0.2) is 0 Å². The van der Waals surface area contributed by atoms with Gasteiger partial charge in [0.05, 0.1) is 0 Å². The summed E-state index contributed by atoms with van der Waals surface area (Å²) in [7, 11) is 0. The Balaban J connectivity index is 2.78. The van der Waals surface area contributed by atoms with Crippen molar-refractivity contribution >= 4 is 22.8 Å². The van der Waals surface area contributed by atoms with E-state index in [9.17, 15) is 0 Å². The molecule has 0 unspecified atom stereocenters. The van der Waals surface area contributed by atoms with Crippen LogP contribution in [0.3, 0.4) is 0 Å². The lowest BCUT2D eigenvalue weighted by Gasteiger charge is -1.95. The molecule has 1 aromatic carbocycles. The summed E-state index contributed by atoms with van der Waals surface area (Å²) in [6, 6.07) is 5.23. The van der Waals surface area contributed by atoms with Crippen molar-refractivity contribution in [2.45, 2.75) is 0 Å². The highest BCUT2D eigenvalue weighted by molar-refractivity contribution is 6.31. The lowest BCUT2D eigenvalue weighted by Crippen LogP contribution is -1.73. The number of hydrogen-bond donors (Lipinski definition) is 0. The Hall–Kier alpha value is -0.890. The molecule has 0 spiro atoms. The van der Waals surface area contributed by atoms with Crippen LogP contribution in [-0.4, -0.2) is 0 Å². The van der Waals surface area contributed by atoms with Crippen molar-refractivity contribution in [1.82, 2.24) is 0 Å². The number of benzene rings is 1. The van der Waals surface area contributed by atoms with Crippen LogP contribution in [0.4, 0.5) is 0 Å². The Bertz CT molecular complexity index is 320. The third-order valence-corrected chi connectivity index (χ3v) is 1.36. The summed E-state index contributed by atoms with van der Waals surface area (Å²) < 4.78 is 9.15. The molecule has 0 aliphatic rings. The third-order valence-electron chi connectivity index (χ3n) is 1.13. The quantitative estimate of drug-likeness (QED) is 0.529. The molecule has 0 fully saturated rings. The van der Waals surface area contributed by atoms with Crippen molar-refractivity contribution in [2.75, 3.05) is 0 Å². The van der Waals surface area contributed by atoms with Crippen LogP contribution in [0.5, 0.6) is 0 Å². The molecular weight excluding hydrogens is 140 g/mol. The topological polar surface area (TPSA) is 26.3 Å². The van der Waals surface area contributed by atoms with Crippen molar-refractivity contribution in [1.29, 1.82) is 0 Å². The van der Waals surface area contributed by atoms with E-state index in [1.807, 2.05) is 0 Å². The van der Waals surface area contributed by atoms with Gasteiger partial charge in [-0.3, -0.25) is 9.15 Å². The van der Waals surface area contributed by atoms with Crippen LogP contribution in [-0.2, 0) is 0 Å². The number of rotatable bonds is 0. The highest BCUT2D eigenvalue weighted by Gasteiger charge is 2.02. The molecule has 2 rings (SSSR count). The van der Waals surface area contributed by atoms with Crippen LogP contribution in [0.1, 0.15) is 0 Å². The fourth-order valence-electron chi connectivity index (χ4n) is 0.672. The van der Waals surface area contributed by atoms with Gasteiger partial charge in [-0.2, -0.15) is 0 Å². The molecule has 0 radical (unpaired) electrons.